The standard InChI is InChI=1S/C9H14BrN3/c1-3-4-5-11-9-6-8(10)12-7(2)13-9/h6H,3-5H2,1-2H3,(H,11,12,13). The number of anilines is 1. The summed E-state index contributed by atoms with van der Waals surface area (Å²) in [6.45, 7) is 5.03. The van der Waals surface area contributed by atoms with Gasteiger partial charge in [-0.3, -0.25) is 0 Å². The Kier molecular flexibility index (Phi) is 4.15. The van der Waals surface area contributed by atoms with Gasteiger partial charge in [0.2, 0.25) is 0 Å². The van der Waals surface area contributed by atoms with E-state index in [-0.39, 0.29) is 0 Å². The second-order valence-electron chi connectivity index (χ2n) is 2.90. The Hall–Kier alpha value is -0.640. The molecule has 13 heavy (non-hydrogen) atoms. The zero-order valence-electron chi connectivity index (χ0n) is 7.97. The lowest BCUT2D eigenvalue weighted by atomic mass is 10.3. The number of rotatable bonds is 4. The van der Waals surface area contributed by atoms with Gasteiger partial charge in [-0.2, -0.15) is 0 Å². The molecule has 0 saturated heterocycles. The van der Waals surface area contributed by atoms with E-state index >= 15 is 0 Å². The number of aromatic nitrogens is 2. The number of hydrogen-bond acceptors (Lipinski definition) is 3. The maximum absolute atomic E-state index is 4.25. The van der Waals surface area contributed by atoms with Crippen LogP contribution in [0.2, 0.25) is 0 Å². The van der Waals surface area contributed by atoms with E-state index in [1.807, 2.05) is 13.0 Å². The van der Waals surface area contributed by atoms with Crippen LogP contribution in [0.1, 0.15) is 25.6 Å². The van der Waals surface area contributed by atoms with Gasteiger partial charge in [-0.15, -0.1) is 0 Å². The average molecular weight is 244 g/mol. The summed E-state index contributed by atoms with van der Waals surface area (Å²) in [4.78, 5) is 8.38. The Morgan fingerprint density at radius 3 is 2.85 bits per heavy atom. The normalized spacial score (nSPS) is 10.1. The fraction of sp³-hybridized carbons (Fsp3) is 0.556. The molecule has 3 nitrogen and oxygen atoms in total. The third-order valence-corrected chi connectivity index (χ3v) is 2.05. The highest BCUT2D eigenvalue weighted by atomic mass is 79.9. The SMILES string of the molecule is CCCCNc1cc(Br)nc(C)n1. The first-order chi connectivity index (χ1) is 6.22. The molecule has 0 atom stereocenters. The molecular weight excluding hydrogens is 230 g/mol. The molecule has 0 aromatic carbocycles. The molecule has 0 fully saturated rings. The highest BCUT2D eigenvalue weighted by molar-refractivity contribution is 9.10. The lowest BCUT2D eigenvalue weighted by Crippen LogP contribution is -2.04. The van der Waals surface area contributed by atoms with E-state index in [2.05, 4.69) is 38.1 Å². The molecule has 0 saturated carbocycles. The van der Waals surface area contributed by atoms with E-state index in [4.69, 9.17) is 0 Å². The minimum Gasteiger partial charge on any atom is -0.370 e. The number of nitrogens with one attached hydrogen (secondary N) is 1. The molecule has 0 aliphatic carbocycles. The van der Waals surface area contributed by atoms with Crippen LogP contribution in [-0.4, -0.2) is 16.5 Å². The van der Waals surface area contributed by atoms with Crippen molar-refractivity contribution in [3.8, 4) is 0 Å². The largest absolute Gasteiger partial charge is 0.370 e. The molecule has 1 rings (SSSR count). The van der Waals surface area contributed by atoms with Crippen LogP contribution in [0.5, 0.6) is 0 Å². The predicted molar refractivity (Wildman–Crippen MR) is 57.9 cm³/mol. The summed E-state index contributed by atoms with van der Waals surface area (Å²) in [7, 11) is 0. The van der Waals surface area contributed by atoms with Crippen molar-refractivity contribution in [2.24, 2.45) is 0 Å². The molecule has 0 bridgehead atoms. The van der Waals surface area contributed by atoms with Crippen LogP contribution >= 0.6 is 15.9 Å². The molecule has 1 N–H and O–H groups in total. The topological polar surface area (TPSA) is 37.8 Å². The maximum atomic E-state index is 4.25. The van der Waals surface area contributed by atoms with Crippen molar-refractivity contribution >= 4 is 21.7 Å². The minimum atomic E-state index is 0.786. The van der Waals surface area contributed by atoms with Crippen LogP contribution in [0, 0.1) is 6.92 Å². The molecule has 0 aliphatic rings. The lowest BCUT2D eigenvalue weighted by molar-refractivity contribution is 0.828. The van der Waals surface area contributed by atoms with Gasteiger partial charge in [0.25, 0.3) is 0 Å². The van der Waals surface area contributed by atoms with Gasteiger partial charge in [-0.1, -0.05) is 13.3 Å². The first kappa shape index (κ1) is 10.4. The molecule has 0 amide bonds. The van der Waals surface area contributed by atoms with Gasteiger partial charge in [0.1, 0.15) is 16.2 Å². The summed E-state index contributed by atoms with van der Waals surface area (Å²) >= 11 is 3.33. The smallest absolute Gasteiger partial charge is 0.130 e. The molecule has 0 spiro atoms. The second-order valence-corrected chi connectivity index (χ2v) is 3.72. The van der Waals surface area contributed by atoms with Crippen LogP contribution < -0.4 is 5.32 Å². The Morgan fingerprint density at radius 1 is 1.46 bits per heavy atom. The first-order valence-corrected chi connectivity index (χ1v) is 5.26. The summed E-state index contributed by atoms with van der Waals surface area (Å²) < 4.78 is 0.832. The van der Waals surface area contributed by atoms with E-state index in [1.165, 1.54) is 12.8 Å². The monoisotopic (exact) mass is 243 g/mol. The van der Waals surface area contributed by atoms with E-state index in [0.717, 1.165) is 22.8 Å². The number of nitrogens with zero attached hydrogens (tertiary/aromatic N) is 2. The van der Waals surface area contributed by atoms with Gasteiger partial charge in [-0.25, -0.2) is 9.97 Å². The molecule has 1 aromatic heterocycles. The molecule has 0 unspecified atom stereocenters. The fourth-order valence-electron chi connectivity index (χ4n) is 1.02. The Labute approximate surface area is 87.1 Å². The van der Waals surface area contributed by atoms with Crippen molar-refractivity contribution in [1.82, 2.24) is 9.97 Å². The van der Waals surface area contributed by atoms with Gasteiger partial charge >= 0.3 is 0 Å². The lowest BCUT2D eigenvalue weighted by Gasteiger charge is -2.05. The fourth-order valence-corrected chi connectivity index (χ4v) is 1.49. The number of aryl methyl sites for hydroxylation is 1. The van der Waals surface area contributed by atoms with Crippen LogP contribution in [0.15, 0.2) is 10.7 Å². The maximum Gasteiger partial charge on any atom is 0.130 e. The summed E-state index contributed by atoms with van der Waals surface area (Å²) in [6, 6.07) is 1.89. The predicted octanol–water partition coefficient (Wildman–Crippen LogP) is 2.76. The van der Waals surface area contributed by atoms with Crippen LogP contribution in [0.4, 0.5) is 5.82 Å². The van der Waals surface area contributed by atoms with Crippen molar-refractivity contribution < 1.29 is 0 Å². The summed E-state index contributed by atoms with van der Waals surface area (Å²) in [6.07, 6.45) is 2.36. The average Bonchev–Trinajstić information content (AvgIpc) is 2.03. The first-order valence-electron chi connectivity index (χ1n) is 4.47. The highest BCUT2D eigenvalue weighted by Crippen LogP contribution is 2.11. The summed E-state index contributed by atoms with van der Waals surface area (Å²) in [5.41, 5.74) is 0. The third kappa shape index (κ3) is 3.72. The minimum absolute atomic E-state index is 0.786. The van der Waals surface area contributed by atoms with Gasteiger partial charge in [0.05, 0.1) is 0 Å². The van der Waals surface area contributed by atoms with E-state index < -0.39 is 0 Å². The molecule has 1 heterocycles. The van der Waals surface area contributed by atoms with Crippen LogP contribution in [0.25, 0.3) is 0 Å². The molecule has 72 valence electrons. The summed E-state index contributed by atoms with van der Waals surface area (Å²) in [5, 5.41) is 3.25. The highest BCUT2D eigenvalue weighted by Gasteiger charge is 1.97. The van der Waals surface area contributed by atoms with Crippen molar-refractivity contribution in [2.45, 2.75) is 26.7 Å². The van der Waals surface area contributed by atoms with Crippen LogP contribution in [-0.2, 0) is 0 Å². The van der Waals surface area contributed by atoms with Crippen molar-refractivity contribution in [1.29, 1.82) is 0 Å². The molecular formula is C9H14BrN3. The Morgan fingerprint density at radius 2 is 2.23 bits per heavy atom. The second kappa shape index (κ2) is 5.17. The van der Waals surface area contributed by atoms with Gasteiger partial charge < -0.3 is 5.32 Å². The van der Waals surface area contributed by atoms with Gasteiger partial charge in [0.15, 0.2) is 0 Å². The molecule has 0 aliphatic heterocycles. The van der Waals surface area contributed by atoms with Gasteiger partial charge in [0, 0.05) is 12.6 Å². The van der Waals surface area contributed by atoms with Crippen molar-refractivity contribution in [3.05, 3.63) is 16.5 Å². The number of unbranched alkanes of at least 4 members (excludes halogenated alkanes) is 1. The Balaban J connectivity index is 2.56. The molecule has 1 aromatic rings. The number of halogens is 1. The quantitative estimate of drug-likeness (QED) is 0.653. The Bertz CT molecular complexity index is 255. The summed E-state index contributed by atoms with van der Waals surface area (Å²) in [5.74, 6) is 1.68. The van der Waals surface area contributed by atoms with Gasteiger partial charge in [-0.05, 0) is 29.3 Å². The van der Waals surface area contributed by atoms with Crippen molar-refractivity contribution in [2.75, 3.05) is 11.9 Å². The van der Waals surface area contributed by atoms with E-state index in [0.29, 0.717) is 0 Å². The third-order valence-electron chi connectivity index (χ3n) is 1.64. The van der Waals surface area contributed by atoms with Crippen molar-refractivity contribution in [3.63, 3.8) is 0 Å². The zero-order chi connectivity index (χ0) is 9.68. The number of hydrogen-bond donors (Lipinski definition) is 1. The van der Waals surface area contributed by atoms with E-state index in [1.54, 1.807) is 0 Å². The van der Waals surface area contributed by atoms with Crippen LogP contribution in [0.3, 0.4) is 0 Å². The molecule has 4 heteroatoms. The zero-order valence-corrected chi connectivity index (χ0v) is 9.56. The molecule has 0 radical (unpaired) electrons. The van der Waals surface area contributed by atoms with E-state index in [9.17, 15) is 0 Å².